The average molecular weight is 226 g/mol. The van der Waals surface area contributed by atoms with Crippen molar-refractivity contribution < 1.29 is 19.4 Å². The Hall–Kier alpha value is -1.69. The normalized spacial score (nSPS) is 10.1. The first-order chi connectivity index (χ1) is 7.67. The Labute approximate surface area is 93.2 Å². The largest absolute Gasteiger partial charge is 0.481 e. The number of carbonyl (C=O) groups is 1. The second-order valence-corrected chi connectivity index (χ2v) is 3.13. The van der Waals surface area contributed by atoms with E-state index >= 15 is 0 Å². The van der Waals surface area contributed by atoms with Gasteiger partial charge < -0.3 is 14.6 Å². The second-order valence-electron chi connectivity index (χ2n) is 3.13. The van der Waals surface area contributed by atoms with Gasteiger partial charge in [0.25, 0.3) is 0 Å². The summed E-state index contributed by atoms with van der Waals surface area (Å²) in [5.74, 6) is -0.0529. The number of methoxy groups -OCH3 is 2. The molecule has 1 heterocycles. The highest BCUT2D eigenvalue weighted by Crippen LogP contribution is 2.14. The topological polar surface area (TPSA) is 81.5 Å². The molecule has 6 nitrogen and oxygen atoms in total. The van der Waals surface area contributed by atoms with Crippen LogP contribution in [0.25, 0.3) is 0 Å². The van der Waals surface area contributed by atoms with Crippen molar-refractivity contribution in [3.8, 4) is 5.88 Å². The molecule has 0 saturated heterocycles. The summed E-state index contributed by atoms with van der Waals surface area (Å²) >= 11 is 0. The molecule has 88 valence electrons. The van der Waals surface area contributed by atoms with Crippen molar-refractivity contribution in [2.75, 3.05) is 20.8 Å². The van der Waals surface area contributed by atoms with Crippen molar-refractivity contribution >= 4 is 5.97 Å². The summed E-state index contributed by atoms with van der Waals surface area (Å²) in [6.07, 6.45) is 1.90. The van der Waals surface area contributed by atoms with Crippen molar-refractivity contribution in [3.05, 3.63) is 17.6 Å². The molecule has 0 aliphatic carbocycles. The van der Waals surface area contributed by atoms with Crippen molar-refractivity contribution in [1.29, 1.82) is 0 Å². The van der Waals surface area contributed by atoms with Gasteiger partial charge >= 0.3 is 5.97 Å². The molecule has 0 amide bonds. The summed E-state index contributed by atoms with van der Waals surface area (Å²) in [5, 5.41) is 8.67. The molecular weight excluding hydrogens is 212 g/mol. The van der Waals surface area contributed by atoms with Gasteiger partial charge in [-0.2, -0.15) is 4.98 Å². The number of aliphatic carboxylic acids is 1. The Morgan fingerprint density at radius 1 is 1.50 bits per heavy atom. The Balaban J connectivity index is 2.83. The van der Waals surface area contributed by atoms with E-state index in [1.54, 1.807) is 7.11 Å². The minimum Gasteiger partial charge on any atom is -0.481 e. The van der Waals surface area contributed by atoms with Gasteiger partial charge in [0.15, 0.2) is 0 Å². The molecule has 1 rings (SSSR count). The molecule has 1 aromatic rings. The van der Waals surface area contributed by atoms with E-state index in [-0.39, 0.29) is 6.42 Å². The Kier molecular flexibility index (Phi) is 4.65. The third-order valence-corrected chi connectivity index (χ3v) is 1.94. The van der Waals surface area contributed by atoms with E-state index < -0.39 is 5.97 Å². The van der Waals surface area contributed by atoms with E-state index in [0.29, 0.717) is 30.3 Å². The van der Waals surface area contributed by atoms with Crippen LogP contribution in [-0.2, 0) is 22.4 Å². The zero-order valence-corrected chi connectivity index (χ0v) is 9.27. The molecule has 0 atom stereocenters. The zero-order chi connectivity index (χ0) is 12.0. The number of rotatable bonds is 6. The molecule has 16 heavy (non-hydrogen) atoms. The van der Waals surface area contributed by atoms with E-state index in [1.807, 2.05) is 0 Å². The van der Waals surface area contributed by atoms with Gasteiger partial charge in [-0.3, -0.25) is 4.79 Å². The Morgan fingerprint density at radius 3 is 2.81 bits per heavy atom. The van der Waals surface area contributed by atoms with Crippen molar-refractivity contribution in [2.45, 2.75) is 12.8 Å². The zero-order valence-electron chi connectivity index (χ0n) is 9.27. The highest BCUT2D eigenvalue weighted by molar-refractivity contribution is 5.70. The molecule has 0 aliphatic heterocycles. The lowest BCUT2D eigenvalue weighted by Crippen LogP contribution is -2.08. The molecule has 0 aliphatic rings. The first kappa shape index (κ1) is 12.4. The highest BCUT2D eigenvalue weighted by Gasteiger charge is 2.10. The lowest BCUT2D eigenvalue weighted by atomic mass is 10.2. The quantitative estimate of drug-likeness (QED) is 0.751. The van der Waals surface area contributed by atoms with E-state index in [4.69, 9.17) is 14.6 Å². The van der Waals surface area contributed by atoms with Gasteiger partial charge in [-0.05, 0) is 0 Å². The number of carboxylic acids is 1. The van der Waals surface area contributed by atoms with Gasteiger partial charge in [0.2, 0.25) is 5.88 Å². The first-order valence-corrected chi connectivity index (χ1v) is 4.77. The van der Waals surface area contributed by atoms with Crippen LogP contribution in [0.2, 0.25) is 0 Å². The van der Waals surface area contributed by atoms with Gasteiger partial charge in [-0.25, -0.2) is 4.98 Å². The standard InChI is InChI=1S/C10H14N2O4/c1-15-4-3-8-11-6-7(5-9(13)14)10(12-8)16-2/h6H,3-5H2,1-2H3,(H,13,14). The summed E-state index contributed by atoms with van der Waals surface area (Å²) in [4.78, 5) is 18.7. The summed E-state index contributed by atoms with van der Waals surface area (Å²) < 4.78 is 9.91. The van der Waals surface area contributed by atoms with Gasteiger partial charge in [-0.1, -0.05) is 0 Å². The third-order valence-electron chi connectivity index (χ3n) is 1.94. The summed E-state index contributed by atoms with van der Waals surface area (Å²) in [6.45, 7) is 0.515. The number of nitrogens with zero attached hydrogens (tertiary/aromatic N) is 2. The maximum Gasteiger partial charge on any atom is 0.308 e. The van der Waals surface area contributed by atoms with Crippen molar-refractivity contribution in [1.82, 2.24) is 9.97 Å². The molecule has 0 unspecified atom stereocenters. The Morgan fingerprint density at radius 2 is 2.25 bits per heavy atom. The molecule has 6 heteroatoms. The van der Waals surface area contributed by atoms with Crippen LogP contribution in [0.1, 0.15) is 11.4 Å². The SMILES string of the molecule is COCCc1ncc(CC(=O)O)c(OC)n1. The van der Waals surface area contributed by atoms with Crippen LogP contribution in [0.3, 0.4) is 0 Å². The van der Waals surface area contributed by atoms with Crippen molar-refractivity contribution in [2.24, 2.45) is 0 Å². The number of aromatic nitrogens is 2. The fraction of sp³-hybridized carbons (Fsp3) is 0.500. The summed E-state index contributed by atoms with van der Waals surface area (Å²) in [5.41, 5.74) is 0.469. The lowest BCUT2D eigenvalue weighted by molar-refractivity contribution is -0.136. The van der Waals surface area contributed by atoms with Gasteiger partial charge in [0, 0.05) is 25.3 Å². The third kappa shape index (κ3) is 3.47. The molecule has 0 radical (unpaired) electrons. The van der Waals surface area contributed by atoms with E-state index in [1.165, 1.54) is 13.3 Å². The summed E-state index contributed by atoms with van der Waals surface area (Å²) in [6, 6.07) is 0. The maximum atomic E-state index is 10.6. The van der Waals surface area contributed by atoms with Crippen LogP contribution in [-0.4, -0.2) is 41.9 Å². The van der Waals surface area contributed by atoms with Gasteiger partial charge in [-0.15, -0.1) is 0 Å². The monoisotopic (exact) mass is 226 g/mol. The van der Waals surface area contributed by atoms with Crippen molar-refractivity contribution in [3.63, 3.8) is 0 Å². The van der Waals surface area contributed by atoms with E-state index in [9.17, 15) is 4.79 Å². The predicted molar refractivity (Wildman–Crippen MR) is 55.5 cm³/mol. The van der Waals surface area contributed by atoms with E-state index in [2.05, 4.69) is 9.97 Å². The summed E-state index contributed by atoms with van der Waals surface area (Å²) in [7, 11) is 3.05. The maximum absolute atomic E-state index is 10.6. The second kappa shape index (κ2) is 6.02. The van der Waals surface area contributed by atoms with Crippen LogP contribution in [0, 0.1) is 0 Å². The fourth-order valence-corrected chi connectivity index (χ4v) is 1.20. The average Bonchev–Trinajstić information content (AvgIpc) is 2.27. The number of ether oxygens (including phenoxy) is 2. The number of carboxylic acid groups (broad SMARTS) is 1. The smallest absolute Gasteiger partial charge is 0.308 e. The molecule has 0 bridgehead atoms. The van der Waals surface area contributed by atoms with Gasteiger partial charge in [0.05, 0.1) is 20.1 Å². The molecule has 0 saturated carbocycles. The predicted octanol–water partition coefficient (Wildman–Crippen LogP) is 0.301. The van der Waals surface area contributed by atoms with Crippen LogP contribution in [0.15, 0.2) is 6.20 Å². The van der Waals surface area contributed by atoms with Crippen LogP contribution in [0.5, 0.6) is 5.88 Å². The number of hydrogen-bond donors (Lipinski definition) is 1. The van der Waals surface area contributed by atoms with Crippen LogP contribution < -0.4 is 4.74 Å². The minimum atomic E-state index is -0.938. The van der Waals surface area contributed by atoms with E-state index in [0.717, 1.165) is 0 Å². The van der Waals surface area contributed by atoms with Crippen LogP contribution >= 0.6 is 0 Å². The lowest BCUT2D eigenvalue weighted by Gasteiger charge is -2.06. The molecule has 1 N–H and O–H groups in total. The van der Waals surface area contributed by atoms with Crippen LogP contribution in [0.4, 0.5) is 0 Å². The van der Waals surface area contributed by atoms with Gasteiger partial charge in [0.1, 0.15) is 5.82 Å². The Bertz CT molecular complexity index is 368. The number of hydrogen-bond acceptors (Lipinski definition) is 5. The molecule has 0 fully saturated rings. The molecule has 0 aromatic carbocycles. The molecule has 1 aromatic heterocycles. The molecular formula is C10H14N2O4. The fourth-order valence-electron chi connectivity index (χ4n) is 1.20. The highest BCUT2D eigenvalue weighted by atomic mass is 16.5. The minimum absolute atomic E-state index is 0.145. The first-order valence-electron chi connectivity index (χ1n) is 4.77. The molecule has 0 spiro atoms.